The van der Waals surface area contributed by atoms with Gasteiger partial charge in [-0.05, 0) is 42.3 Å². The van der Waals surface area contributed by atoms with Crippen molar-refractivity contribution in [3.05, 3.63) is 68.2 Å². The van der Waals surface area contributed by atoms with Crippen molar-refractivity contribution < 1.29 is 5.11 Å². The summed E-state index contributed by atoms with van der Waals surface area (Å²) in [4.78, 5) is 0. The van der Waals surface area contributed by atoms with Gasteiger partial charge in [-0.3, -0.25) is 0 Å². The van der Waals surface area contributed by atoms with Gasteiger partial charge in [0.15, 0.2) is 0 Å². The second-order valence-electron chi connectivity index (χ2n) is 4.02. The van der Waals surface area contributed by atoms with E-state index in [0.717, 1.165) is 11.1 Å². The molecule has 0 aliphatic carbocycles. The van der Waals surface area contributed by atoms with Crippen molar-refractivity contribution >= 4 is 34.8 Å². The zero-order valence-corrected chi connectivity index (χ0v) is 11.9. The molecular weight excluding hydrogens is 291 g/mol. The molecule has 2 rings (SSSR count). The molecule has 0 heterocycles. The number of halogens is 3. The smallest absolute Gasteiger partial charge is 0.106 e. The molecule has 0 fully saturated rings. The lowest BCUT2D eigenvalue weighted by atomic mass is 9.97. The summed E-state index contributed by atoms with van der Waals surface area (Å²) in [5, 5.41) is 12.0. The van der Waals surface area contributed by atoms with Crippen molar-refractivity contribution in [1.29, 1.82) is 0 Å². The Kier molecular flexibility index (Phi) is 4.18. The summed E-state index contributed by atoms with van der Waals surface area (Å²) in [5.41, 5.74) is 2.14. The van der Waals surface area contributed by atoms with E-state index in [9.17, 15) is 5.11 Å². The largest absolute Gasteiger partial charge is 0.384 e. The maximum atomic E-state index is 10.4. The standard InChI is InChI=1S/C14H11Cl3O/c1-8-10(3-2-4-12(8)16)14(18)11-7-9(15)5-6-13(11)17/h2-7,14,18H,1H3. The highest BCUT2D eigenvalue weighted by Gasteiger charge is 2.17. The molecule has 0 bridgehead atoms. The molecule has 0 spiro atoms. The Morgan fingerprint density at radius 2 is 1.67 bits per heavy atom. The summed E-state index contributed by atoms with van der Waals surface area (Å²) in [6.07, 6.45) is -0.838. The Labute approximate surface area is 121 Å². The van der Waals surface area contributed by atoms with Crippen LogP contribution in [0.25, 0.3) is 0 Å². The molecule has 0 aliphatic rings. The van der Waals surface area contributed by atoms with Crippen molar-refractivity contribution in [1.82, 2.24) is 0 Å². The first-order valence-corrected chi connectivity index (χ1v) is 6.52. The minimum Gasteiger partial charge on any atom is -0.384 e. The highest BCUT2D eigenvalue weighted by atomic mass is 35.5. The van der Waals surface area contributed by atoms with Gasteiger partial charge < -0.3 is 5.11 Å². The number of benzene rings is 2. The van der Waals surface area contributed by atoms with Gasteiger partial charge in [-0.1, -0.05) is 46.9 Å². The van der Waals surface area contributed by atoms with Gasteiger partial charge in [0.25, 0.3) is 0 Å². The minimum atomic E-state index is -0.838. The second kappa shape index (κ2) is 5.50. The van der Waals surface area contributed by atoms with Gasteiger partial charge in [0.1, 0.15) is 6.10 Å². The number of hydrogen-bond donors (Lipinski definition) is 1. The summed E-state index contributed by atoms with van der Waals surface area (Å²) < 4.78 is 0. The van der Waals surface area contributed by atoms with Crippen molar-refractivity contribution in [2.75, 3.05) is 0 Å². The fourth-order valence-electron chi connectivity index (χ4n) is 1.81. The minimum absolute atomic E-state index is 0.478. The Morgan fingerprint density at radius 3 is 2.39 bits per heavy atom. The molecule has 0 saturated heterocycles. The topological polar surface area (TPSA) is 20.2 Å². The molecule has 1 atom stereocenters. The normalized spacial score (nSPS) is 12.5. The third kappa shape index (κ3) is 2.65. The van der Waals surface area contributed by atoms with E-state index in [1.807, 2.05) is 13.0 Å². The van der Waals surface area contributed by atoms with Crippen LogP contribution in [0.3, 0.4) is 0 Å². The van der Waals surface area contributed by atoms with Crippen LogP contribution >= 0.6 is 34.8 Å². The molecule has 1 N–H and O–H groups in total. The van der Waals surface area contributed by atoms with E-state index < -0.39 is 6.10 Å². The van der Waals surface area contributed by atoms with E-state index in [-0.39, 0.29) is 0 Å². The SMILES string of the molecule is Cc1c(Cl)cccc1C(O)c1cc(Cl)ccc1Cl. The van der Waals surface area contributed by atoms with Crippen LogP contribution in [-0.2, 0) is 0 Å². The van der Waals surface area contributed by atoms with Crippen molar-refractivity contribution in [3.63, 3.8) is 0 Å². The number of hydrogen-bond acceptors (Lipinski definition) is 1. The van der Waals surface area contributed by atoms with E-state index in [4.69, 9.17) is 34.8 Å². The van der Waals surface area contributed by atoms with Crippen LogP contribution in [-0.4, -0.2) is 5.11 Å². The van der Waals surface area contributed by atoms with Gasteiger partial charge in [0.05, 0.1) is 0 Å². The van der Waals surface area contributed by atoms with E-state index in [0.29, 0.717) is 20.6 Å². The van der Waals surface area contributed by atoms with Gasteiger partial charge in [-0.15, -0.1) is 0 Å². The third-order valence-electron chi connectivity index (χ3n) is 2.86. The van der Waals surface area contributed by atoms with Crippen LogP contribution in [0.15, 0.2) is 36.4 Å². The lowest BCUT2D eigenvalue weighted by molar-refractivity contribution is 0.219. The first kappa shape index (κ1) is 13.7. The van der Waals surface area contributed by atoms with Gasteiger partial charge in [-0.2, -0.15) is 0 Å². The Morgan fingerprint density at radius 1 is 0.944 bits per heavy atom. The van der Waals surface area contributed by atoms with Crippen LogP contribution in [0.5, 0.6) is 0 Å². The summed E-state index contributed by atoms with van der Waals surface area (Å²) >= 11 is 18.1. The first-order valence-electron chi connectivity index (χ1n) is 5.38. The average Bonchev–Trinajstić information content (AvgIpc) is 2.35. The predicted octanol–water partition coefficient (Wildman–Crippen LogP) is 5.04. The van der Waals surface area contributed by atoms with E-state index >= 15 is 0 Å². The molecule has 0 aliphatic heterocycles. The molecule has 18 heavy (non-hydrogen) atoms. The summed E-state index contributed by atoms with van der Waals surface area (Å²) in [5.74, 6) is 0. The Balaban J connectivity index is 2.51. The number of aliphatic hydroxyl groups is 1. The zero-order chi connectivity index (χ0) is 13.3. The second-order valence-corrected chi connectivity index (χ2v) is 5.27. The van der Waals surface area contributed by atoms with Crippen LogP contribution in [0.1, 0.15) is 22.8 Å². The summed E-state index contributed by atoms with van der Waals surface area (Å²) in [6, 6.07) is 10.4. The maximum Gasteiger partial charge on any atom is 0.106 e. The molecule has 0 amide bonds. The lowest BCUT2D eigenvalue weighted by Gasteiger charge is -2.16. The maximum absolute atomic E-state index is 10.4. The summed E-state index contributed by atoms with van der Waals surface area (Å²) in [6.45, 7) is 1.86. The molecule has 2 aromatic rings. The highest BCUT2D eigenvalue weighted by Crippen LogP contribution is 2.33. The van der Waals surface area contributed by atoms with Gasteiger partial charge in [-0.25, -0.2) is 0 Å². The fourth-order valence-corrected chi connectivity index (χ4v) is 2.40. The quantitative estimate of drug-likeness (QED) is 0.824. The number of rotatable bonds is 2. The average molecular weight is 302 g/mol. The van der Waals surface area contributed by atoms with E-state index in [1.54, 1.807) is 30.3 Å². The van der Waals surface area contributed by atoms with Crippen molar-refractivity contribution in [2.45, 2.75) is 13.0 Å². The number of aliphatic hydroxyl groups excluding tert-OH is 1. The van der Waals surface area contributed by atoms with Crippen LogP contribution < -0.4 is 0 Å². The van der Waals surface area contributed by atoms with Crippen molar-refractivity contribution in [3.8, 4) is 0 Å². The van der Waals surface area contributed by atoms with Gasteiger partial charge in [0.2, 0.25) is 0 Å². The molecular formula is C14H11Cl3O. The zero-order valence-electron chi connectivity index (χ0n) is 9.62. The van der Waals surface area contributed by atoms with Crippen molar-refractivity contribution in [2.24, 2.45) is 0 Å². The molecule has 0 radical (unpaired) electrons. The van der Waals surface area contributed by atoms with Gasteiger partial charge in [0, 0.05) is 20.6 Å². The monoisotopic (exact) mass is 300 g/mol. The molecule has 4 heteroatoms. The molecule has 94 valence electrons. The van der Waals surface area contributed by atoms with Crippen LogP contribution in [0.2, 0.25) is 15.1 Å². The van der Waals surface area contributed by atoms with Gasteiger partial charge >= 0.3 is 0 Å². The lowest BCUT2D eigenvalue weighted by Crippen LogP contribution is -2.03. The predicted molar refractivity (Wildman–Crippen MR) is 76.7 cm³/mol. The Bertz CT molecular complexity index is 579. The van der Waals surface area contributed by atoms with Crippen LogP contribution in [0.4, 0.5) is 0 Å². The third-order valence-corrected chi connectivity index (χ3v) is 3.85. The highest BCUT2D eigenvalue weighted by molar-refractivity contribution is 6.33. The summed E-state index contributed by atoms with van der Waals surface area (Å²) in [7, 11) is 0. The molecule has 2 aromatic carbocycles. The Hall–Kier alpha value is -0.730. The molecule has 1 nitrogen and oxygen atoms in total. The molecule has 0 saturated carbocycles. The van der Waals surface area contributed by atoms with E-state index in [2.05, 4.69) is 0 Å². The molecule has 1 unspecified atom stereocenters. The fraction of sp³-hybridized carbons (Fsp3) is 0.143. The van der Waals surface area contributed by atoms with Crippen LogP contribution in [0, 0.1) is 6.92 Å². The molecule has 0 aromatic heterocycles. The van der Waals surface area contributed by atoms with E-state index in [1.165, 1.54) is 0 Å². The first-order chi connectivity index (χ1) is 8.50.